The van der Waals surface area contributed by atoms with Gasteiger partial charge in [0.15, 0.2) is 0 Å². The molecule has 0 bridgehead atoms. The predicted octanol–water partition coefficient (Wildman–Crippen LogP) is 1.65. The van der Waals surface area contributed by atoms with Crippen LogP contribution in [0.4, 0.5) is 5.69 Å². The second-order valence-corrected chi connectivity index (χ2v) is 5.21. The number of likely N-dealkylation sites (N-methyl/N-ethyl adjacent to an activating group) is 1. The molecule has 0 aliphatic carbocycles. The number of anilines is 1. The van der Waals surface area contributed by atoms with Crippen molar-refractivity contribution in [3.8, 4) is 5.75 Å². The summed E-state index contributed by atoms with van der Waals surface area (Å²) in [5, 5.41) is 12.7. The fourth-order valence-corrected chi connectivity index (χ4v) is 2.56. The number of carboxylic acids is 1. The number of likely N-dealkylation sites (tertiary alicyclic amines) is 1. The van der Waals surface area contributed by atoms with Crippen LogP contribution in [0.2, 0.25) is 0 Å². The van der Waals surface area contributed by atoms with Gasteiger partial charge in [0.1, 0.15) is 11.3 Å². The van der Waals surface area contributed by atoms with Gasteiger partial charge >= 0.3 is 5.97 Å². The Labute approximate surface area is 113 Å². The highest BCUT2D eigenvalue weighted by molar-refractivity contribution is 5.84. The Bertz CT molecular complexity index is 448. The molecule has 1 aromatic carbocycles. The van der Waals surface area contributed by atoms with Crippen LogP contribution in [0.1, 0.15) is 13.3 Å². The van der Waals surface area contributed by atoms with Gasteiger partial charge in [-0.1, -0.05) is 0 Å². The highest BCUT2D eigenvalue weighted by Gasteiger charge is 2.47. The zero-order chi connectivity index (χ0) is 14.0. The van der Waals surface area contributed by atoms with Gasteiger partial charge in [-0.25, -0.2) is 4.79 Å². The maximum absolute atomic E-state index is 11.6. The molecule has 19 heavy (non-hydrogen) atoms. The van der Waals surface area contributed by atoms with Crippen LogP contribution in [-0.2, 0) is 4.79 Å². The molecule has 1 heterocycles. The van der Waals surface area contributed by atoms with Crippen molar-refractivity contribution < 1.29 is 14.6 Å². The van der Waals surface area contributed by atoms with E-state index in [1.807, 2.05) is 38.2 Å². The van der Waals surface area contributed by atoms with E-state index in [4.69, 9.17) is 4.74 Å². The van der Waals surface area contributed by atoms with Crippen molar-refractivity contribution in [2.24, 2.45) is 0 Å². The number of hydrogen-bond donors (Lipinski definition) is 2. The summed E-state index contributed by atoms with van der Waals surface area (Å²) in [6.07, 6.45) is 0.588. The third kappa shape index (κ3) is 2.66. The maximum Gasteiger partial charge on any atom is 0.330 e. The molecule has 2 atom stereocenters. The number of hydrogen-bond acceptors (Lipinski definition) is 4. The molecule has 2 unspecified atom stereocenters. The van der Waals surface area contributed by atoms with E-state index in [2.05, 4.69) is 10.2 Å². The third-order valence-corrected chi connectivity index (χ3v) is 3.80. The van der Waals surface area contributed by atoms with E-state index in [1.165, 1.54) is 0 Å². The van der Waals surface area contributed by atoms with E-state index < -0.39 is 11.5 Å². The molecule has 1 aromatic rings. The van der Waals surface area contributed by atoms with Gasteiger partial charge in [0.05, 0.1) is 7.11 Å². The van der Waals surface area contributed by atoms with Gasteiger partial charge in [0.2, 0.25) is 0 Å². The number of nitrogens with zero attached hydrogens (tertiary/aromatic N) is 1. The summed E-state index contributed by atoms with van der Waals surface area (Å²) in [4.78, 5) is 13.7. The van der Waals surface area contributed by atoms with Gasteiger partial charge in [-0.15, -0.1) is 0 Å². The van der Waals surface area contributed by atoms with Crippen LogP contribution in [0.5, 0.6) is 5.75 Å². The molecule has 0 amide bonds. The first-order valence-corrected chi connectivity index (χ1v) is 6.33. The second-order valence-electron chi connectivity index (χ2n) is 5.21. The van der Waals surface area contributed by atoms with Crippen molar-refractivity contribution in [2.75, 3.05) is 26.0 Å². The van der Waals surface area contributed by atoms with Crippen molar-refractivity contribution in [2.45, 2.75) is 24.9 Å². The first kappa shape index (κ1) is 13.7. The van der Waals surface area contributed by atoms with Crippen molar-refractivity contribution in [3.63, 3.8) is 0 Å². The number of nitrogens with one attached hydrogen (secondary N) is 1. The van der Waals surface area contributed by atoms with E-state index >= 15 is 0 Å². The number of ether oxygens (including phenoxy) is 1. The number of rotatable bonds is 4. The second kappa shape index (κ2) is 5.09. The summed E-state index contributed by atoms with van der Waals surface area (Å²) < 4.78 is 5.09. The third-order valence-electron chi connectivity index (χ3n) is 3.80. The van der Waals surface area contributed by atoms with Crippen LogP contribution in [0, 0.1) is 0 Å². The van der Waals surface area contributed by atoms with Gasteiger partial charge in [0.25, 0.3) is 0 Å². The number of benzene rings is 1. The zero-order valence-corrected chi connectivity index (χ0v) is 11.5. The molecule has 2 N–H and O–H groups in total. The SMILES string of the molecule is COc1ccc(NC2(C(=O)O)CC(C)N(C)C2)cc1. The molecule has 0 radical (unpaired) electrons. The first-order valence-electron chi connectivity index (χ1n) is 6.33. The molecule has 0 aromatic heterocycles. The molecule has 5 nitrogen and oxygen atoms in total. The summed E-state index contributed by atoms with van der Waals surface area (Å²) in [6.45, 7) is 2.54. The standard InChI is InChI=1S/C14H20N2O3/c1-10-8-14(13(17)18,9-16(10)2)15-11-4-6-12(19-3)7-5-11/h4-7,10,15H,8-9H2,1-3H3,(H,17,18). The Morgan fingerprint density at radius 1 is 1.47 bits per heavy atom. The monoisotopic (exact) mass is 264 g/mol. The average molecular weight is 264 g/mol. The summed E-state index contributed by atoms with van der Waals surface area (Å²) >= 11 is 0. The van der Waals surface area contributed by atoms with Gasteiger partial charge in [0, 0.05) is 18.3 Å². The molecule has 0 spiro atoms. The Kier molecular flexibility index (Phi) is 3.66. The molecule has 0 saturated carbocycles. The molecule has 2 rings (SSSR count). The maximum atomic E-state index is 11.6. The van der Waals surface area contributed by atoms with Crippen LogP contribution >= 0.6 is 0 Å². The van der Waals surface area contributed by atoms with E-state index in [9.17, 15) is 9.90 Å². The van der Waals surface area contributed by atoms with Crippen LogP contribution in [-0.4, -0.2) is 48.3 Å². The Morgan fingerprint density at radius 3 is 2.53 bits per heavy atom. The highest BCUT2D eigenvalue weighted by atomic mass is 16.5. The van der Waals surface area contributed by atoms with Gasteiger partial charge in [-0.2, -0.15) is 0 Å². The quantitative estimate of drug-likeness (QED) is 0.866. The lowest BCUT2D eigenvalue weighted by Crippen LogP contribution is -2.48. The van der Waals surface area contributed by atoms with Crippen LogP contribution < -0.4 is 10.1 Å². The summed E-state index contributed by atoms with van der Waals surface area (Å²) in [5.41, 5.74) is -0.117. The fourth-order valence-electron chi connectivity index (χ4n) is 2.56. The number of carbonyl (C=O) groups is 1. The van der Waals surface area contributed by atoms with Crippen molar-refractivity contribution >= 4 is 11.7 Å². The minimum atomic E-state index is -0.914. The number of carboxylic acid groups (broad SMARTS) is 1. The van der Waals surface area contributed by atoms with Crippen LogP contribution in [0.3, 0.4) is 0 Å². The largest absolute Gasteiger partial charge is 0.497 e. The topological polar surface area (TPSA) is 61.8 Å². The van der Waals surface area contributed by atoms with Gasteiger partial charge in [-0.3, -0.25) is 0 Å². The summed E-state index contributed by atoms with van der Waals surface area (Å²) in [5.74, 6) is -0.0497. The van der Waals surface area contributed by atoms with Crippen molar-refractivity contribution in [3.05, 3.63) is 24.3 Å². The molecule has 1 aliphatic rings. The lowest BCUT2D eigenvalue weighted by Gasteiger charge is -2.26. The van der Waals surface area contributed by atoms with Gasteiger partial charge in [-0.05, 0) is 44.7 Å². The Balaban J connectivity index is 2.19. The lowest BCUT2D eigenvalue weighted by atomic mass is 9.96. The van der Waals surface area contributed by atoms with Crippen molar-refractivity contribution in [1.82, 2.24) is 4.90 Å². The summed E-state index contributed by atoms with van der Waals surface area (Å²) in [6, 6.07) is 7.57. The van der Waals surface area contributed by atoms with E-state index in [0.717, 1.165) is 11.4 Å². The molecule has 1 fully saturated rings. The fraction of sp³-hybridized carbons (Fsp3) is 0.500. The number of aliphatic carboxylic acids is 1. The van der Waals surface area contributed by atoms with Crippen molar-refractivity contribution in [1.29, 1.82) is 0 Å². The Hall–Kier alpha value is -1.75. The summed E-state index contributed by atoms with van der Waals surface area (Å²) in [7, 11) is 3.56. The predicted molar refractivity (Wildman–Crippen MR) is 73.7 cm³/mol. The Morgan fingerprint density at radius 2 is 2.11 bits per heavy atom. The van der Waals surface area contributed by atoms with Crippen LogP contribution in [0.25, 0.3) is 0 Å². The highest BCUT2D eigenvalue weighted by Crippen LogP contribution is 2.30. The lowest BCUT2D eigenvalue weighted by molar-refractivity contribution is -0.141. The van der Waals surface area contributed by atoms with E-state index in [1.54, 1.807) is 7.11 Å². The molecule has 5 heteroatoms. The molecule has 1 saturated heterocycles. The first-order chi connectivity index (χ1) is 8.97. The molecular weight excluding hydrogens is 244 g/mol. The minimum absolute atomic E-state index is 0.252. The molecule has 1 aliphatic heterocycles. The molecular formula is C14H20N2O3. The average Bonchev–Trinajstić information content (AvgIpc) is 2.67. The van der Waals surface area contributed by atoms with E-state index in [0.29, 0.717) is 13.0 Å². The minimum Gasteiger partial charge on any atom is -0.497 e. The zero-order valence-electron chi connectivity index (χ0n) is 11.5. The smallest absolute Gasteiger partial charge is 0.330 e. The number of methoxy groups -OCH3 is 1. The normalized spacial score (nSPS) is 27.2. The molecule has 104 valence electrons. The van der Waals surface area contributed by atoms with Crippen LogP contribution in [0.15, 0.2) is 24.3 Å². The van der Waals surface area contributed by atoms with Gasteiger partial charge < -0.3 is 20.1 Å². The van der Waals surface area contributed by atoms with E-state index in [-0.39, 0.29) is 6.04 Å².